The maximum atomic E-state index is 12.1. The molecule has 0 aromatic carbocycles. The molecule has 20 heavy (non-hydrogen) atoms. The molecule has 0 aliphatic heterocycles. The van der Waals surface area contributed by atoms with Crippen LogP contribution in [0, 0.1) is 5.92 Å². The van der Waals surface area contributed by atoms with Crippen LogP contribution >= 0.6 is 22.7 Å². The summed E-state index contributed by atoms with van der Waals surface area (Å²) in [6.45, 7) is 1.37. The minimum Gasteiger partial charge on any atom is -0.342 e. The topological polar surface area (TPSA) is 41.1 Å². The lowest BCUT2D eigenvalue weighted by molar-refractivity contribution is -0.120. The van der Waals surface area contributed by atoms with E-state index in [1.54, 1.807) is 22.7 Å². The predicted octanol–water partition coefficient (Wildman–Crippen LogP) is 3.01. The molecule has 0 atom stereocenters. The first kappa shape index (κ1) is 13.8. The van der Waals surface area contributed by atoms with E-state index in [1.165, 1.54) is 22.6 Å². The van der Waals surface area contributed by atoms with Crippen molar-refractivity contribution in [3.05, 3.63) is 44.8 Å². The fourth-order valence-electron chi connectivity index (χ4n) is 2.12. The predicted molar refractivity (Wildman–Crippen MR) is 84.2 cm³/mol. The number of amides is 1. The van der Waals surface area contributed by atoms with Crippen molar-refractivity contribution in [2.24, 2.45) is 5.92 Å². The molecule has 1 aliphatic rings. The van der Waals surface area contributed by atoms with Gasteiger partial charge in [-0.25, -0.2) is 0 Å². The molecule has 5 heteroatoms. The second kappa shape index (κ2) is 6.52. The fourth-order valence-corrected chi connectivity index (χ4v) is 3.78. The minimum atomic E-state index is -0.00905. The van der Waals surface area contributed by atoms with Crippen LogP contribution in [0.15, 0.2) is 35.0 Å². The summed E-state index contributed by atoms with van der Waals surface area (Å²) in [5.74, 6) is 0.866. The highest BCUT2D eigenvalue weighted by atomic mass is 32.1. The number of hydrogen-bond donors (Lipinski definition) is 2. The number of carbonyl (C=O) groups excluding carboxylic acids is 1. The summed E-state index contributed by atoms with van der Waals surface area (Å²) in [7, 11) is 0. The normalized spacial score (nSPS) is 14.7. The van der Waals surface area contributed by atoms with Crippen LogP contribution in [0.25, 0.3) is 0 Å². The summed E-state index contributed by atoms with van der Waals surface area (Å²) < 4.78 is 0. The quantitative estimate of drug-likeness (QED) is 0.825. The molecule has 106 valence electrons. The van der Waals surface area contributed by atoms with Gasteiger partial charge in [-0.2, -0.15) is 0 Å². The lowest BCUT2D eigenvalue weighted by Crippen LogP contribution is -2.36. The van der Waals surface area contributed by atoms with Gasteiger partial charge in [0.2, 0.25) is 5.91 Å². The van der Waals surface area contributed by atoms with Gasteiger partial charge in [0.05, 0.1) is 12.6 Å². The van der Waals surface area contributed by atoms with E-state index in [0.717, 1.165) is 12.5 Å². The van der Waals surface area contributed by atoms with Crippen molar-refractivity contribution in [2.75, 3.05) is 13.1 Å². The maximum absolute atomic E-state index is 12.1. The molecule has 3 rings (SSSR count). The van der Waals surface area contributed by atoms with Crippen LogP contribution in [0.5, 0.6) is 0 Å². The molecule has 1 fully saturated rings. The zero-order chi connectivity index (χ0) is 13.8. The largest absolute Gasteiger partial charge is 0.342 e. The summed E-state index contributed by atoms with van der Waals surface area (Å²) in [6, 6.07) is 8.20. The van der Waals surface area contributed by atoms with E-state index in [0.29, 0.717) is 6.54 Å². The molecule has 2 aromatic heterocycles. The van der Waals surface area contributed by atoms with E-state index in [-0.39, 0.29) is 11.9 Å². The molecule has 1 aliphatic carbocycles. The maximum Gasteiger partial charge on any atom is 0.234 e. The van der Waals surface area contributed by atoms with Gasteiger partial charge in [-0.3, -0.25) is 4.79 Å². The van der Waals surface area contributed by atoms with Crippen LogP contribution < -0.4 is 10.6 Å². The Morgan fingerprint density at radius 3 is 2.35 bits per heavy atom. The lowest BCUT2D eigenvalue weighted by Gasteiger charge is -2.16. The molecule has 0 radical (unpaired) electrons. The molecule has 1 saturated carbocycles. The van der Waals surface area contributed by atoms with Crippen LogP contribution in [-0.2, 0) is 4.79 Å². The zero-order valence-corrected chi connectivity index (χ0v) is 12.8. The van der Waals surface area contributed by atoms with E-state index in [1.807, 2.05) is 22.9 Å². The highest BCUT2D eigenvalue weighted by Gasteiger charge is 2.22. The highest BCUT2D eigenvalue weighted by molar-refractivity contribution is 7.11. The Bertz CT molecular complexity index is 498. The zero-order valence-electron chi connectivity index (χ0n) is 11.2. The Balaban J connectivity index is 1.59. The standard InChI is InChI=1S/C15H18N2OS2/c18-14(10-16-9-11-5-6-11)17-15(12-3-1-7-19-12)13-4-2-8-20-13/h1-4,7-8,11,15-16H,5-6,9-10H2,(H,17,18). The second-order valence-electron chi connectivity index (χ2n) is 5.11. The number of rotatable bonds is 7. The van der Waals surface area contributed by atoms with Crippen molar-refractivity contribution < 1.29 is 4.79 Å². The monoisotopic (exact) mass is 306 g/mol. The molecule has 2 aromatic rings. The Kier molecular flexibility index (Phi) is 4.50. The first-order valence-electron chi connectivity index (χ1n) is 6.90. The third-order valence-electron chi connectivity index (χ3n) is 3.38. The molecule has 0 bridgehead atoms. The number of nitrogens with one attached hydrogen (secondary N) is 2. The van der Waals surface area contributed by atoms with Crippen LogP contribution in [0.1, 0.15) is 28.6 Å². The van der Waals surface area contributed by atoms with Crippen molar-refractivity contribution in [3.8, 4) is 0 Å². The van der Waals surface area contributed by atoms with Gasteiger partial charge in [0.15, 0.2) is 0 Å². The SMILES string of the molecule is O=C(CNCC1CC1)NC(c1cccs1)c1cccs1. The lowest BCUT2D eigenvalue weighted by atomic mass is 10.2. The minimum absolute atomic E-state index is 0.00905. The Morgan fingerprint density at radius 2 is 1.85 bits per heavy atom. The van der Waals surface area contributed by atoms with E-state index in [4.69, 9.17) is 0 Å². The molecule has 0 saturated heterocycles. The molecule has 1 amide bonds. The van der Waals surface area contributed by atoms with Gasteiger partial charge in [0.1, 0.15) is 0 Å². The van der Waals surface area contributed by atoms with Gasteiger partial charge in [0, 0.05) is 9.75 Å². The number of thiophene rings is 2. The van der Waals surface area contributed by atoms with E-state index in [9.17, 15) is 4.79 Å². The van der Waals surface area contributed by atoms with Gasteiger partial charge in [-0.05, 0) is 48.2 Å². The Labute approximate surface area is 127 Å². The molecule has 2 N–H and O–H groups in total. The van der Waals surface area contributed by atoms with Crippen LogP contribution in [-0.4, -0.2) is 19.0 Å². The van der Waals surface area contributed by atoms with Crippen LogP contribution in [0.4, 0.5) is 0 Å². The average Bonchev–Trinajstić information content (AvgIpc) is 2.97. The van der Waals surface area contributed by atoms with Gasteiger partial charge in [-0.1, -0.05) is 12.1 Å². The van der Waals surface area contributed by atoms with Crippen molar-refractivity contribution in [1.82, 2.24) is 10.6 Å². The van der Waals surface area contributed by atoms with Crippen molar-refractivity contribution in [2.45, 2.75) is 18.9 Å². The second-order valence-corrected chi connectivity index (χ2v) is 7.06. The van der Waals surface area contributed by atoms with E-state index in [2.05, 4.69) is 22.8 Å². The van der Waals surface area contributed by atoms with E-state index < -0.39 is 0 Å². The summed E-state index contributed by atoms with van der Waals surface area (Å²) in [6.07, 6.45) is 2.61. The van der Waals surface area contributed by atoms with Crippen LogP contribution in [0.3, 0.4) is 0 Å². The molecule has 0 spiro atoms. The van der Waals surface area contributed by atoms with Crippen molar-refractivity contribution in [3.63, 3.8) is 0 Å². The summed E-state index contributed by atoms with van der Waals surface area (Å²) >= 11 is 3.36. The molecule has 0 unspecified atom stereocenters. The highest BCUT2D eigenvalue weighted by Crippen LogP contribution is 2.29. The molecule has 2 heterocycles. The van der Waals surface area contributed by atoms with Crippen LogP contribution in [0.2, 0.25) is 0 Å². The van der Waals surface area contributed by atoms with E-state index >= 15 is 0 Å². The first-order valence-corrected chi connectivity index (χ1v) is 8.66. The summed E-state index contributed by atoms with van der Waals surface area (Å²) in [4.78, 5) is 14.4. The Morgan fingerprint density at radius 1 is 1.20 bits per heavy atom. The van der Waals surface area contributed by atoms with Gasteiger partial charge >= 0.3 is 0 Å². The molecular weight excluding hydrogens is 288 g/mol. The first-order chi connectivity index (χ1) is 9.83. The fraction of sp³-hybridized carbons (Fsp3) is 0.400. The third-order valence-corrected chi connectivity index (χ3v) is 5.25. The third kappa shape index (κ3) is 3.69. The molecule has 3 nitrogen and oxygen atoms in total. The van der Waals surface area contributed by atoms with Crippen molar-refractivity contribution in [1.29, 1.82) is 0 Å². The van der Waals surface area contributed by atoms with Gasteiger partial charge in [-0.15, -0.1) is 22.7 Å². The smallest absolute Gasteiger partial charge is 0.234 e. The van der Waals surface area contributed by atoms with Gasteiger partial charge in [0.25, 0.3) is 0 Å². The Hall–Kier alpha value is -1.17. The van der Waals surface area contributed by atoms with Gasteiger partial charge < -0.3 is 10.6 Å². The number of hydrogen-bond acceptors (Lipinski definition) is 4. The average molecular weight is 306 g/mol. The number of carbonyl (C=O) groups is 1. The molecular formula is C15H18N2OS2. The van der Waals surface area contributed by atoms with Crippen molar-refractivity contribution >= 4 is 28.6 Å². The summed E-state index contributed by atoms with van der Waals surface area (Å²) in [5.41, 5.74) is 0. The summed E-state index contributed by atoms with van der Waals surface area (Å²) in [5, 5.41) is 10.5.